The van der Waals surface area contributed by atoms with Crippen molar-refractivity contribution in [2.45, 2.75) is 30.7 Å². The van der Waals surface area contributed by atoms with Gasteiger partial charge in [-0.05, 0) is 37.3 Å². The van der Waals surface area contributed by atoms with Gasteiger partial charge in [-0.15, -0.1) is 11.8 Å². The van der Waals surface area contributed by atoms with E-state index in [9.17, 15) is 13.2 Å². The van der Waals surface area contributed by atoms with Gasteiger partial charge in [-0.25, -0.2) is 8.42 Å². The summed E-state index contributed by atoms with van der Waals surface area (Å²) < 4.78 is 23.1. The van der Waals surface area contributed by atoms with E-state index in [-0.39, 0.29) is 23.5 Å². The van der Waals surface area contributed by atoms with Crippen molar-refractivity contribution in [3.05, 3.63) is 29.8 Å². The van der Waals surface area contributed by atoms with E-state index in [1.807, 2.05) is 37.4 Å². The van der Waals surface area contributed by atoms with Crippen LogP contribution in [0.2, 0.25) is 0 Å². The molecule has 1 aromatic carbocycles. The van der Waals surface area contributed by atoms with Crippen molar-refractivity contribution in [2.75, 3.05) is 24.3 Å². The Bertz CT molecular complexity index is 596. The summed E-state index contributed by atoms with van der Waals surface area (Å²) in [4.78, 5) is 15.3. The number of nitrogens with zero attached hydrogens (tertiary/aromatic N) is 1. The maximum Gasteiger partial charge on any atom is 0.227 e. The van der Waals surface area contributed by atoms with Gasteiger partial charge in [-0.3, -0.25) is 4.79 Å². The number of benzene rings is 1. The normalized spacial score (nSPS) is 20.4. The standard InChI is InChI=1S/C15H21NO3S2/c1-3-16(13-8-9-21(18,19)11-13)15(17)10-12-4-6-14(20-2)7-5-12/h4-7,13H,3,8-11H2,1-2H3. The molecule has 1 aromatic rings. The second kappa shape index (κ2) is 6.83. The number of thioether (sulfide) groups is 1. The van der Waals surface area contributed by atoms with Gasteiger partial charge in [-0.1, -0.05) is 12.1 Å². The number of hydrogen-bond acceptors (Lipinski definition) is 4. The quantitative estimate of drug-likeness (QED) is 0.776. The maximum absolute atomic E-state index is 12.4. The van der Waals surface area contributed by atoms with Crippen LogP contribution < -0.4 is 0 Å². The van der Waals surface area contributed by atoms with Crippen LogP contribution in [-0.4, -0.2) is 49.6 Å². The van der Waals surface area contributed by atoms with Crippen LogP contribution in [0, 0.1) is 0 Å². The maximum atomic E-state index is 12.4. The Morgan fingerprint density at radius 2 is 2.00 bits per heavy atom. The molecule has 0 saturated carbocycles. The van der Waals surface area contributed by atoms with Gasteiger partial charge in [0.05, 0.1) is 17.9 Å². The van der Waals surface area contributed by atoms with E-state index in [0.29, 0.717) is 19.4 Å². The van der Waals surface area contributed by atoms with Crippen LogP contribution in [0.5, 0.6) is 0 Å². The molecule has 1 amide bonds. The highest BCUT2D eigenvalue weighted by Gasteiger charge is 2.33. The lowest BCUT2D eigenvalue weighted by atomic mass is 10.1. The van der Waals surface area contributed by atoms with Crippen LogP contribution in [0.3, 0.4) is 0 Å². The van der Waals surface area contributed by atoms with E-state index >= 15 is 0 Å². The summed E-state index contributed by atoms with van der Waals surface area (Å²) in [5.41, 5.74) is 0.970. The molecule has 6 heteroatoms. The lowest BCUT2D eigenvalue weighted by Gasteiger charge is -2.27. The van der Waals surface area contributed by atoms with Crippen LogP contribution in [-0.2, 0) is 21.1 Å². The fraction of sp³-hybridized carbons (Fsp3) is 0.533. The van der Waals surface area contributed by atoms with Gasteiger partial charge in [0, 0.05) is 17.5 Å². The predicted octanol–water partition coefficient (Wildman–Crippen LogP) is 1.99. The van der Waals surface area contributed by atoms with Crippen molar-refractivity contribution < 1.29 is 13.2 Å². The second-order valence-electron chi connectivity index (χ2n) is 5.26. The lowest BCUT2D eigenvalue weighted by Crippen LogP contribution is -2.41. The van der Waals surface area contributed by atoms with Gasteiger partial charge < -0.3 is 4.90 Å². The summed E-state index contributed by atoms with van der Waals surface area (Å²) in [6, 6.07) is 7.78. The third-order valence-electron chi connectivity index (χ3n) is 3.82. The molecule has 1 saturated heterocycles. The van der Waals surface area contributed by atoms with Crippen molar-refractivity contribution in [1.82, 2.24) is 4.90 Å². The Morgan fingerprint density at radius 3 is 2.48 bits per heavy atom. The van der Waals surface area contributed by atoms with Crippen LogP contribution in [0.1, 0.15) is 18.9 Å². The molecule has 0 aliphatic carbocycles. The third-order valence-corrected chi connectivity index (χ3v) is 6.32. The first kappa shape index (κ1) is 16.4. The monoisotopic (exact) mass is 327 g/mol. The summed E-state index contributed by atoms with van der Waals surface area (Å²) in [5, 5.41) is 0. The van der Waals surface area contributed by atoms with Crippen molar-refractivity contribution in [3.63, 3.8) is 0 Å². The average molecular weight is 327 g/mol. The highest BCUT2D eigenvalue weighted by Crippen LogP contribution is 2.20. The molecule has 116 valence electrons. The molecule has 2 rings (SSSR count). The number of likely N-dealkylation sites (N-methyl/N-ethyl adjacent to an activating group) is 1. The van der Waals surface area contributed by atoms with Crippen LogP contribution in [0.25, 0.3) is 0 Å². The first-order valence-corrected chi connectivity index (χ1v) is 10.1. The second-order valence-corrected chi connectivity index (χ2v) is 8.37. The number of hydrogen-bond donors (Lipinski definition) is 0. The average Bonchev–Trinajstić information content (AvgIpc) is 2.80. The first-order valence-electron chi connectivity index (χ1n) is 7.08. The van der Waals surface area contributed by atoms with Crippen molar-refractivity contribution >= 4 is 27.5 Å². The Balaban J connectivity index is 2.03. The first-order chi connectivity index (χ1) is 9.95. The fourth-order valence-corrected chi connectivity index (χ4v) is 4.82. The molecule has 1 aliphatic rings. The van der Waals surface area contributed by atoms with Crippen molar-refractivity contribution in [3.8, 4) is 0 Å². The molecule has 0 aromatic heterocycles. The topological polar surface area (TPSA) is 54.5 Å². The summed E-state index contributed by atoms with van der Waals surface area (Å²) in [7, 11) is -2.96. The van der Waals surface area contributed by atoms with E-state index < -0.39 is 9.84 Å². The van der Waals surface area contributed by atoms with Crippen LogP contribution in [0.4, 0.5) is 0 Å². The Labute approximate surface area is 130 Å². The van der Waals surface area contributed by atoms with Gasteiger partial charge in [0.1, 0.15) is 0 Å². The number of carbonyl (C=O) groups excluding carboxylic acids is 1. The highest BCUT2D eigenvalue weighted by atomic mass is 32.2. The molecule has 4 nitrogen and oxygen atoms in total. The number of rotatable bonds is 5. The minimum absolute atomic E-state index is 0.0106. The molecule has 0 radical (unpaired) electrons. The molecule has 21 heavy (non-hydrogen) atoms. The zero-order valence-corrected chi connectivity index (χ0v) is 14.0. The van der Waals surface area contributed by atoms with Gasteiger partial charge in [0.2, 0.25) is 5.91 Å². The molecule has 0 N–H and O–H groups in total. The predicted molar refractivity (Wildman–Crippen MR) is 86.4 cm³/mol. The number of sulfone groups is 1. The van der Waals surface area contributed by atoms with Gasteiger partial charge >= 0.3 is 0 Å². The Hall–Kier alpha value is -1.01. The number of carbonyl (C=O) groups is 1. The Kier molecular flexibility index (Phi) is 5.32. The molecule has 1 aliphatic heterocycles. The van der Waals surface area contributed by atoms with Gasteiger partial charge in [0.15, 0.2) is 9.84 Å². The van der Waals surface area contributed by atoms with E-state index in [1.54, 1.807) is 16.7 Å². The van der Waals surface area contributed by atoms with Gasteiger partial charge in [-0.2, -0.15) is 0 Å². The van der Waals surface area contributed by atoms with E-state index in [2.05, 4.69) is 0 Å². The molecule has 0 spiro atoms. The molecule has 1 fully saturated rings. The van der Waals surface area contributed by atoms with Crippen LogP contribution in [0.15, 0.2) is 29.2 Å². The molecular formula is C15H21NO3S2. The summed E-state index contributed by atoms with van der Waals surface area (Å²) >= 11 is 1.67. The fourth-order valence-electron chi connectivity index (χ4n) is 2.68. The molecule has 1 unspecified atom stereocenters. The SMILES string of the molecule is CCN(C(=O)Cc1ccc(SC)cc1)C1CCS(=O)(=O)C1. The van der Waals surface area contributed by atoms with Gasteiger partial charge in [0.25, 0.3) is 0 Å². The minimum Gasteiger partial charge on any atom is -0.339 e. The summed E-state index contributed by atoms with van der Waals surface area (Å²) in [6.07, 6.45) is 2.91. The summed E-state index contributed by atoms with van der Waals surface area (Å²) in [5.74, 6) is 0.318. The zero-order chi connectivity index (χ0) is 15.5. The third kappa shape index (κ3) is 4.23. The summed E-state index contributed by atoms with van der Waals surface area (Å²) in [6.45, 7) is 2.46. The molecule has 1 atom stereocenters. The minimum atomic E-state index is -2.96. The molecular weight excluding hydrogens is 306 g/mol. The smallest absolute Gasteiger partial charge is 0.227 e. The largest absolute Gasteiger partial charge is 0.339 e. The zero-order valence-electron chi connectivity index (χ0n) is 12.4. The number of amides is 1. The van der Waals surface area contributed by atoms with Crippen molar-refractivity contribution in [1.29, 1.82) is 0 Å². The molecule has 1 heterocycles. The van der Waals surface area contributed by atoms with Crippen molar-refractivity contribution in [2.24, 2.45) is 0 Å². The Morgan fingerprint density at radius 1 is 1.33 bits per heavy atom. The molecule has 0 bridgehead atoms. The van der Waals surface area contributed by atoms with E-state index in [1.165, 1.54) is 4.90 Å². The lowest BCUT2D eigenvalue weighted by molar-refractivity contribution is -0.132. The van der Waals surface area contributed by atoms with E-state index in [0.717, 1.165) is 5.56 Å². The van der Waals surface area contributed by atoms with Crippen LogP contribution >= 0.6 is 11.8 Å². The van der Waals surface area contributed by atoms with E-state index in [4.69, 9.17) is 0 Å². The highest BCUT2D eigenvalue weighted by molar-refractivity contribution is 7.98.